The average Bonchev–Trinajstić information content (AvgIpc) is 2.20. The first kappa shape index (κ1) is 12.4. The van der Waals surface area contributed by atoms with Crippen molar-refractivity contribution in [3.63, 3.8) is 0 Å². The van der Waals surface area contributed by atoms with Crippen LogP contribution in [0.5, 0.6) is 0 Å². The molecule has 6 nitrogen and oxygen atoms in total. The van der Waals surface area contributed by atoms with Crippen LogP contribution in [-0.2, 0) is 4.74 Å². The molecule has 0 spiro atoms. The third-order valence-electron chi connectivity index (χ3n) is 2.29. The highest BCUT2D eigenvalue weighted by Gasteiger charge is 2.44. The molecule has 0 bridgehead atoms. The summed E-state index contributed by atoms with van der Waals surface area (Å²) in [6, 6.07) is 0. The molecule has 5 atom stereocenters. The van der Waals surface area contributed by atoms with Crippen molar-refractivity contribution >= 4 is 0 Å². The molecule has 0 aromatic carbocycles. The molecule has 0 saturated carbocycles. The van der Waals surface area contributed by atoms with Crippen molar-refractivity contribution in [3.8, 4) is 0 Å². The van der Waals surface area contributed by atoms with Crippen molar-refractivity contribution in [2.45, 2.75) is 44.1 Å². The van der Waals surface area contributed by atoms with E-state index in [1.165, 1.54) is 6.08 Å². The van der Waals surface area contributed by atoms with Crippen LogP contribution >= 0.6 is 0 Å². The Balaban J connectivity index is 2.79. The lowest BCUT2D eigenvalue weighted by Gasteiger charge is -2.37. The van der Waals surface area contributed by atoms with Crippen molar-refractivity contribution in [1.29, 1.82) is 0 Å². The molecule has 0 radical (unpaired) electrons. The van der Waals surface area contributed by atoms with Gasteiger partial charge in [0.05, 0.1) is 0 Å². The van der Waals surface area contributed by atoms with E-state index in [-0.39, 0.29) is 5.76 Å². The SMILES string of the molecule is CCC=C(O)[C@H]1OC(O)[C@H](O)[C@@H](O)[C@H]1O. The lowest BCUT2D eigenvalue weighted by Crippen LogP contribution is -2.57. The Bertz CT molecular complexity index is 241. The molecule has 5 N–H and O–H groups in total. The highest BCUT2D eigenvalue weighted by atomic mass is 16.6. The Hall–Kier alpha value is -0.660. The maximum absolute atomic E-state index is 9.48. The zero-order chi connectivity index (χ0) is 11.6. The average molecular weight is 220 g/mol. The van der Waals surface area contributed by atoms with Crippen molar-refractivity contribution in [2.75, 3.05) is 0 Å². The first-order chi connectivity index (χ1) is 6.99. The summed E-state index contributed by atoms with van der Waals surface area (Å²) >= 11 is 0. The lowest BCUT2D eigenvalue weighted by molar-refractivity contribution is -0.278. The zero-order valence-corrected chi connectivity index (χ0v) is 8.32. The van der Waals surface area contributed by atoms with E-state index >= 15 is 0 Å². The van der Waals surface area contributed by atoms with Gasteiger partial charge < -0.3 is 30.3 Å². The molecule has 1 unspecified atom stereocenters. The topological polar surface area (TPSA) is 110 Å². The van der Waals surface area contributed by atoms with E-state index < -0.39 is 30.7 Å². The highest BCUT2D eigenvalue weighted by molar-refractivity contribution is 5.06. The van der Waals surface area contributed by atoms with Gasteiger partial charge in [-0.25, -0.2) is 0 Å². The summed E-state index contributed by atoms with van der Waals surface area (Å²) in [4.78, 5) is 0. The summed E-state index contributed by atoms with van der Waals surface area (Å²) in [7, 11) is 0. The van der Waals surface area contributed by atoms with E-state index in [0.29, 0.717) is 6.42 Å². The van der Waals surface area contributed by atoms with Gasteiger partial charge in [-0.3, -0.25) is 0 Å². The summed E-state index contributed by atoms with van der Waals surface area (Å²) in [5.41, 5.74) is 0. The number of rotatable bonds is 2. The van der Waals surface area contributed by atoms with Crippen molar-refractivity contribution in [2.24, 2.45) is 0 Å². The monoisotopic (exact) mass is 220 g/mol. The Labute approximate surface area is 87.0 Å². The van der Waals surface area contributed by atoms with E-state index in [0.717, 1.165) is 0 Å². The molecule has 0 amide bonds. The Morgan fingerprint density at radius 1 is 1.13 bits per heavy atom. The second kappa shape index (κ2) is 4.91. The third-order valence-corrected chi connectivity index (χ3v) is 2.29. The van der Waals surface area contributed by atoms with E-state index in [2.05, 4.69) is 0 Å². The second-order valence-corrected chi connectivity index (χ2v) is 3.46. The van der Waals surface area contributed by atoms with Crippen LogP contribution in [0.4, 0.5) is 0 Å². The van der Waals surface area contributed by atoms with Gasteiger partial charge in [0.25, 0.3) is 0 Å². The largest absolute Gasteiger partial charge is 0.510 e. The van der Waals surface area contributed by atoms with Crippen LogP contribution < -0.4 is 0 Å². The first-order valence-electron chi connectivity index (χ1n) is 4.75. The molecule has 6 heteroatoms. The quantitative estimate of drug-likeness (QED) is 0.367. The molecular formula is C9H16O6. The van der Waals surface area contributed by atoms with Gasteiger partial charge in [-0.1, -0.05) is 6.92 Å². The molecule has 0 aliphatic carbocycles. The maximum atomic E-state index is 9.48. The summed E-state index contributed by atoms with van der Waals surface area (Å²) in [5.74, 6) is -0.269. The molecule has 1 heterocycles. The van der Waals surface area contributed by atoms with Crippen LogP contribution in [0.15, 0.2) is 11.8 Å². The Kier molecular flexibility index (Phi) is 4.06. The summed E-state index contributed by atoms with van der Waals surface area (Å²) in [6.45, 7) is 1.77. The fourth-order valence-electron chi connectivity index (χ4n) is 1.43. The van der Waals surface area contributed by atoms with E-state index in [4.69, 9.17) is 9.84 Å². The zero-order valence-electron chi connectivity index (χ0n) is 8.32. The van der Waals surface area contributed by atoms with Crippen molar-refractivity contribution < 1.29 is 30.3 Å². The van der Waals surface area contributed by atoms with Crippen LogP contribution in [0.2, 0.25) is 0 Å². The minimum atomic E-state index is -1.62. The predicted molar refractivity (Wildman–Crippen MR) is 49.9 cm³/mol. The van der Waals surface area contributed by atoms with Gasteiger partial charge in [0, 0.05) is 0 Å². The minimum absolute atomic E-state index is 0.269. The molecule has 1 aliphatic rings. The number of aliphatic hydroxyl groups is 5. The van der Waals surface area contributed by atoms with E-state index in [1.807, 2.05) is 0 Å². The second-order valence-electron chi connectivity index (χ2n) is 3.46. The van der Waals surface area contributed by atoms with Crippen LogP contribution in [0.1, 0.15) is 13.3 Å². The lowest BCUT2D eigenvalue weighted by atomic mass is 9.97. The van der Waals surface area contributed by atoms with Crippen molar-refractivity contribution in [3.05, 3.63) is 11.8 Å². The predicted octanol–water partition coefficient (Wildman–Crippen LogP) is -1.36. The summed E-state index contributed by atoms with van der Waals surface area (Å²) in [6.07, 6.45) is -5.51. The Morgan fingerprint density at radius 2 is 1.73 bits per heavy atom. The normalized spacial score (nSPS) is 43.0. The molecule has 0 aromatic rings. The molecule has 15 heavy (non-hydrogen) atoms. The van der Waals surface area contributed by atoms with E-state index in [1.54, 1.807) is 6.92 Å². The van der Waals surface area contributed by atoms with Crippen LogP contribution in [-0.4, -0.2) is 56.2 Å². The number of ether oxygens (including phenoxy) is 1. The van der Waals surface area contributed by atoms with Crippen LogP contribution in [0, 0.1) is 0 Å². The standard InChI is InChI=1S/C9H16O6/c1-2-3-4(10)8-6(12)5(11)7(13)9(14)15-8/h3,5-14H,2H2,1H3/t5-,6+,7+,8+,9?/m0/s1. The molecule has 0 aromatic heterocycles. The third kappa shape index (κ3) is 2.47. The molecular weight excluding hydrogens is 204 g/mol. The fraction of sp³-hybridized carbons (Fsp3) is 0.778. The molecule has 1 aliphatic heterocycles. The molecule has 1 saturated heterocycles. The van der Waals surface area contributed by atoms with Gasteiger partial charge in [-0.2, -0.15) is 0 Å². The van der Waals surface area contributed by atoms with Crippen LogP contribution in [0.25, 0.3) is 0 Å². The summed E-state index contributed by atoms with van der Waals surface area (Å²) in [5, 5.41) is 46.6. The minimum Gasteiger partial charge on any atom is -0.510 e. The van der Waals surface area contributed by atoms with Gasteiger partial charge in [-0.15, -0.1) is 0 Å². The van der Waals surface area contributed by atoms with Gasteiger partial charge in [0.1, 0.15) is 30.2 Å². The van der Waals surface area contributed by atoms with Gasteiger partial charge in [-0.05, 0) is 12.5 Å². The van der Waals surface area contributed by atoms with Gasteiger partial charge in [0.15, 0.2) is 6.29 Å². The maximum Gasteiger partial charge on any atom is 0.184 e. The van der Waals surface area contributed by atoms with Gasteiger partial charge >= 0.3 is 0 Å². The smallest absolute Gasteiger partial charge is 0.184 e. The number of aliphatic hydroxyl groups excluding tert-OH is 5. The number of hydrogen-bond donors (Lipinski definition) is 5. The van der Waals surface area contributed by atoms with Crippen molar-refractivity contribution in [1.82, 2.24) is 0 Å². The molecule has 1 rings (SSSR count). The highest BCUT2D eigenvalue weighted by Crippen LogP contribution is 2.23. The van der Waals surface area contributed by atoms with E-state index in [9.17, 15) is 20.4 Å². The fourth-order valence-corrected chi connectivity index (χ4v) is 1.43. The summed E-state index contributed by atoms with van der Waals surface area (Å²) < 4.78 is 4.77. The Morgan fingerprint density at radius 3 is 2.27 bits per heavy atom. The molecule has 1 fully saturated rings. The van der Waals surface area contributed by atoms with Gasteiger partial charge in [0.2, 0.25) is 0 Å². The number of allylic oxidation sites excluding steroid dienone is 1. The number of hydrogen-bond acceptors (Lipinski definition) is 6. The van der Waals surface area contributed by atoms with Crippen LogP contribution in [0.3, 0.4) is 0 Å². The first-order valence-corrected chi connectivity index (χ1v) is 4.75. The molecule has 88 valence electrons.